The maximum Gasteiger partial charge on any atom is 0.262 e. The van der Waals surface area contributed by atoms with Crippen LogP contribution in [0.5, 0.6) is 5.75 Å². The summed E-state index contributed by atoms with van der Waals surface area (Å²) in [4.78, 5) is 31.7. The Balaban J connectivity index is 1.74. The minimum absolute atomic E-state index is 0.0365. The van der Waals surface area contributed by atoms with E-state index in [4.69, 9.17) is 4.74 Å². The molecule has 3 aromatic rings. The molecule has 1 amide bonds. The molecule has 2 aromatic carbocycles. The molecular weight excluding hydrogens is 454 g/mol. The Morgan fingerprint density at radius 2 is 2.07 bits per heavy atom. The molecule has 0 spiro atoms. The number of nitrogens with zero attached hydrogens (tertiary/aromatic N) is 3. The van der Waals surface area contributed by atoms with Gasteiger partial charge in [-0.25, -0.2) is 4.98 Å². The largest absolute Gasteiger partial charge is 0.497 e. The topological polar surface area (TPSA) is 64.4 Å². The summed E-state index contributed by atoms with van der Waals surface area (Å²) in [5.74, 6) is 0.928. The van der Waals surface area contributed by atoms with E-state index in [0.29, 0.717) is 29.1 Å². The highest BCUT2D eigenvalue weighted by molar-refractivity contribution is 9.10. The fraction of sp³-hybridized carbons (Fsp3) is 0.286. The summed E-state index contributed by atoms with van der Waals surface area (Å²) in [6.07, 6.45) is 0. The highest BCUT2D eigenvalue weighted by Crippen LogP contribution is 2.21. The second kappa shape index (κ2) is 9.45. The molecule has 0 fully saturated rings. The van der Waals surface area contributed by atoms with E-state index in [2.05, 4.69) is 20.9 Å². The summed E-state index contributed by atoms with van der Waals surface area (Å²) >= 11 is 4.68. The lowest BCUT2D eigenvalue weighted by molar-refractivity contribution is -0.127. The lowest BCUT2D eigenvalue weighted by atomic mass is 10.2. The van der Waals surface area contributed by atoms with Gasteiger partial charge in [0.1, 0.15) is 5.75 Å². The number of halogens is 1. The molecule has 152 valence electrons. The number of carbonyl (C=O) groups is 1. The van der Waals surface area contributed by atoms with Gasteiger partial charge in [0.15, 0.2) is 5.16 Å². The second-order valence-corrected chi connectivity index (χ2v) is 8.35. The minimum Gasteiger partial charge on any atom is -0.497 e. The van der Waals surface area contributed by atoms with E-state index in [0.717, 1.165) is 15.8 Å². The van der Waals surface area contributed by atoms with Crippen LogP contribution < -0.4 is 10.3 Å². The number of thioether (sulfide) groups is 1. The fourth-order valence-electron chi connectivity index (χ4n) is 2.93. The van der Waals surface area contributed by atoms with Gasteiger partial charge in [-0.3, -0.25) is 14.2 Å². The predicted molar refractivity (Wildman–Crippen MR) is 120 cm³/mol. The Kier molecular flexibility index (Phi) is 6.97. The first-order valence-corrected chi connectivity index (χ1v) is 10.9. The standard InChI is InChI=1S/C21H22BrN3O3S/c1-4-25-20(27)17-11-15(22)8-9-18(17)23-21(25)29-13-19(26)24(2)12-14-6-5-7-16(10-14)28-3/h5-11H,4,12-13H2,1-3H3. The predicted octanol–water partition coefficient (Wildman–Crippen LogP) is 3.94. The number of rotatable bonds is 7. The third-order valence-corrected chi connectivity index (χ3v) is 5.96. The van der Waals surface area contributed by atoms with E-state index in [-0.39, 0.29) is 17.2 Å². The van der Waals surface area contributed by atoms with Gasteiger partial charge in [0.05, 0.1) is 23.8 Å². The van der Waals surface area contributed by atoms with Gasteiger partial charge in [-0.15, -0.1) is 0 Å². The van der Waals surface area contributed by atoms with Crippen LogP contribution in [0.15, 0.2) is 56.9 Å². The molecule has 0 aliphatic rings. The van der Waals surface area contributed by atoms with Crippen molar-refractivity contribution < 1.29 is 9.53 Å². The lowest BCUT2D eigenvalue weighted by Gasteiger charge is -2.18. The van der Waals surface area contributed by atoms with E-state index >= 15 is 0 Å². The minimum atomic E-state index is -0.0986. The third-order valence-electron chi connectivity index (χ3n) is 4.50. The molecule has 0 aliphatic heterocycles. The van der Waals surface area contributed by atoms with E-state index in [9.17, 15) is 9.59 Å². The van der Waals surface area contributed by atoms with Crippen molar-refractivity contribution in [1.29, 1.82) is 0 Å². The van der Waals surface area contributed by atoms with Crippen LogP contribution >= 0.6 is 27.7 Å². The van der Waals surface area contributed by atoms with E-state index in [1.54, 1.807) is 29.7 Å². The number of carbonyl (C=O) groups excluding carboxylic acids is 1. The van der Waals surface area contributed by atoms with Crippen molar-refractivity contribution >= 4 is 44.5 Å². The summed E-state index contributed by atoms with van der Waals surface area (Å²) in [6, 6.07) is 13.1. The number of ether oxygens (including phenoxy) is 1. The number of hydrogen-bond donors (Lipinski definition) is 0. The smallest absolute Gasteiger partial charge is 0.262 e. The van der Waals surface area contributed by atoms with Crippen LogP contribution in [0.25, 0.3) is 10.9 Å². The van der Waals surface area contributed by atoms with Gasteiger partial charge < -0.3 is 9.64 Å². The van der Waals surface area contributed by atoms with Crippen molar-refractivity contribution in [2.24, 2.45) is 0 Å². The monoisotopic (exact) mass is 475 g/mol. The zero-order chi connectivity index (χ0) is 21.0. The molecule has 0 bridgehead atoms. The van der Waals surface area contributed by atoms with Crippen molar-refractivity contribution in [2.45, 2.75) is 25.2 Å². The zero-order valence-electron chi connectivity index (χ0n) is 16.5. The van der Waals surface area contributed by atoms with Crippen LogP contribution in [0, 0.1) is 0 Å². The summed E-state index contributed by atoms with van der Waals surface area (Å²) in [7, 11) is 3.38. The van der Waals surface area contributed by atoms with Gasteiger partial charge >= 0.3 is 0 Å². The molecule has 1 heterocycles. The SMILES string of the molecule is CCn1c(SCC(=O)N(C)Cc2cccc(OC)c2)nc2ccc(Br)cc2c1=O. The highest BCUT2D eigenvalue weighted by atomic mass is 79.9. The molecule has 0 unspecified atom stereocenters. The summed E-state index contributed by atoms with van der Waals surface area (Å²) in [5, 5.41) is 1.11. The number of methoxy groups -OCH3 is 1. The normalized spacial score (nSPS) is 10.9. The Morgan fingerprint density at radius 3 is 2.79 bits per heavy atom. The Labute approximate surface area is 182 Å². The molecule has 1 aromatic heterocycles. The number of fused-ring (bicyclic) bond motifs is 1. The molecule has 0 N–H and O–H groups in total. The van der Waals surface area contributed by atoms with E-state index in [1.165, 1.54) is 11.8 Å². The van der Waals surface area contributed by atoms with Crippen molar-refractivity contribution in [3.63, 3.8) is 0 Å². The maximum atomic E-state index is 12.8. The Morgan fingerprint density at radius 1 is 1.28 bits per heavy atom. The van der Waals surface area contributed by atoms with Crippen LogP contribution in [-0.4, -0.2) is 40.3 Å². The molecule has 29 heavy (non-hydrogen) atoms. The highest BCUT2D eigenvalue weighted by Gasteiger charge is 2.15. The van der Waals surface area contributed by atoms with Gasteiger partial charge in [-0.05, 0) is 42.8 Å². The second-order valence-electron chi connectivity index (χ2n) is 6.50. The van der Waals surface area contributed by atoms with Crippen molar-refractivity contribution in [3.8, 4) is 5.75 Å². The maximum absolute atomic E-state index is 12.8. The van der Waals surface area contributed by atoms with Gasteiger partial charge in [-0.1, -0.05) is 39.8 Å². The Bertz CT molecular complexity index is 1100. The van der Waals surface area contributed by atoms with Crippen LogP contribution in [0.3, 0.4) is 0 Å². The quantitative estimate of drug-likeness (QED) is 0.382. The first kappa shape index (κ1) is 21.4. The fourth-order valence-corrected chi connectivity index (χ4v) is 4.30. The van der Waals surface area contributed by atoms with Crippen molar-refractivity contribution in [1.82, 2.24) is 14.5 Å². The molecule has 0 saturated heterocycles. The van der Waals surface area contributed by atoms with Crippen LogP contribution in [-0.2, 0) is 17.9 Å². The number of benzene rings is 2. The molecule has 6 nitrogen and oxygen atoms in total. The lowest BCUT2D eigenvalue weighted by Crippen LogP contribution is -2.28. The summed E-state index contributed by atoms with van der Waals surface area (Å²) < 4.78 is 7.67. The van der Waals surface area contributed by atoms with Crippen molar-refractivity contribution in [3.05, 3.63) is 62.9 Å². The number of aromatic nitrogens is 2. The first-order valence-electron chi connectivity index (χ1n) is 9.12. The Hall–Kier alpha value is -2.32. The number of hydrogen-bond acceptors (Lipinski definition) is 5. The molecular formula is C21H22BrN3O3S. The molecule has 8 heteroatoms. The molecule has 0 aliphatic carbocycles. The summed E-state index contributed by atoms with van der Waals surface area (Å²) in [5.41, 5.74) is 1.52. The van der Waals surface area contributed by atoms with Crippen molar-refractivity contribution in [2.75, 3.05) is 19.9 Å². The first-order chi connectivity index (χ1) is 13.9. The van der Waals surface area contributed by atoms with Gasteiger partial charge in [0, 0.05) is 24.6 Å². The van der Waals surface area contributed by atoms with Gasteiger partial charge in [-0.2, -0.15) is 0 Å². The van der Waals surface area contributed by atoms with E-state index in [1.807, 2.05) is 43.3 Å². The molecule has 0 radical (unpaired) electrons. The van der Waals surface area contributed by atoms with E-state index < -0.39 is 0 Å². The van der Waals surface area contributed by atoms with Crippen LogP contribution in [0.4, 0.5) is 0 Å². The average molecular weight is 476 g/mol. The summed E-state index contributed by atoms with van der Waals surface area (Å²) in [6.45, 7) is 2.87. The van der Waals surface area contributed by atoms with Gasteiger partial charge in [0.2, 0.25) is 5.91 Å². The van der Waals surface area contributed by atoms with Crippen LogP contribution in [0.2, 0.25) is 0 Å². The van der Waals surface area contributed by atoms with Gasteiger partial charge in [0.25, 0.3) is 5.56 Å². The third kappa shape index (κ3) is 5.00. The molecule has 0 saturated carbocycles. The number of amides is 1. The molecule has 3 rings (SSSR count). The van der Waals surface area contributed by atoms with Crippen LogP contribution in [0.1, 0.15) is 12.5 Å². The molecule has 0 atom stereocenters. The zero-order valence-corrected chi connectivity index (χ0v) is 18.9. The average Bonchev–Trinajstić information content (AvgIpc) is 2.72.